The van der Waals surface area contributed by atoms with Gasteiger partial charge in [0.05, 0.1) is 11.7 Å². The number of halogens is 1. The number of hydrogen-bond donors (Lipinski definition) is 2. The van der Waals surface area contributed by atoms with Gasteiger partial charge >= 0.3 is 0 Å². The topological polar surface area (TPSA) is 49.3 Å². The molecule has 1 aromatic rings. The molecule has 0 aromatic heterocycles. The zero-order valence-corrected chi connectivity index (χ0v) is 11.9. The molecule has 0 saturated heterocycles. The molecular formula is C13H16INO2. The zero-order valence-electron chi connectivity index (χ0n) is 9.74. The molecule has 2 rings (SSSR count). The standard InChI is InChI=1S/C13H16INO2/c1-8-3-2-4-10(12(8)14)13(17)15-7-11(16)9-5-6-9/h2-4,9,11,16H,5-7H2,1H3,(H,15,17). The maximum Gasteiger partial charge on any atom is 0.252 e. The van der Waals surface area contributed by atoms with Crippen LogP contribution < -0.4 is 5.32 Å². The van der Waals surface area contributed by atoms with E-state index in [4.69, 9.17) is 0 Å². The molecule has 0 radical (unpaired) electrons. The Morgan fingerprint density at radius 3 is 2.94 bits per heavy atom. The van der Waals surface area contributed by atoms with E-state index >= 15 is 0 Å². The van der Waals surface area contributed by atoms with Crippen LogP contribution in [-0.4, -0.2) is 23.7 Å². The summed E-state index contributed by atoms with van der Waals surface area (Å²) < 4.78 is 0.975. The highest BCUT2D eigenvalue weighted by molar-refractivity contribution is 14.1. The summed E-state index contributed by atoms with van der Waals surface area (Å²) in [4.78, 5) is 11.9. The Hall–Kier alpha value is -0.620. The lowest BCUT2D eigenvalue weighted by atomic mass is 10.1. The molecular weight excluding hydrogens is 329 g/mol. The maximum absolute atomic E-state index is 11.9. The quantitative estimate of drug-likeness (QED) is 0.822. The molecule has 1 atom stereocenters. The van der Waals surface area contributed by atoms with E-state index in [1.807, 2.05) is 25.1 Å². The number of benzene rings is 1. The molecule has 1 amide bonds. The van der Waals surface area contributed by atoms with Crippen molar-refractivity contribution in [2.75, 3.05) is 6.54 Å². The van der Waals surface area contributed by atoms with E-state index in [1.165, 1.54) is 0 Å². The Balaban J connectivity index is 1.96. The average molecular weight is 345 g/mol. The molecule has 2 N–H and O–H groups in total. The highest BCUT2D eigenvalue weighted by Crippen LogP contribution is 2.32. The lowest BCUT2D eigenvalue weighted by Gasteiger charge is -2.12. The van der Waals surface area contributed by atoms with E-state index in [0.29, 0.717) is 18.0 Å². The normalized spacial score (nSPS) is 16.6. The van der Waals surface area contributed by atoms with Crippen molar-refractivity contribution in [3.8, 4) is 0 Å². The van der Waals surface area contributed by atoms with Crippen LogP contribution in [0.25, 0.3) is 0 Å². The first-order chi connectivity index (χ1) is 8.09. The van der Waals surface area contributed by atoms with Crippen molar-refractivity contribution in [3.63, 3.8) is 0 Å². The van der Waals surface area contributed by atoms with Crippen LogP contribution >= 0.6 is 22.6 Å². The number of amides is 1. The number of carbonyl (C=O) groups excluding carboxylic acids is 1. The van der Waals surface area contributed by atoms with Gasteiger partial charge in [-0.15, -0.1) is 0 Å². The van der Waals surface area contributed by atoms with E-state index in [9.17, 15) is 9.90 Å². The molecule has 0 aliphatic heterocycles. The predicted molar refractivity (Wildman–Crippen MR) is 75.0 cm³/mol. The van der Waals surface area contributed by atoms with Crippen molar-refractivity contribution in [1.82, 2.24) is 5.32 Å². The number of aliphatic hydroxyl groups is 1. The van der Waals surface area contributed by atoms with Crippen LogP contribution in [0.4, 0.5) is 0 Å². The SMILES string of the molecule is Cc1cccc(C(=O)NCC(O)C2CC2)c1I. The first-order valence-corrected chi connectivity index (χ1v) is 6.89. The summed E-state index contributed by atoms with van der Waals surface area (Å²) in [5, 5.41) is 12.5. The molecule has 1 aliphatic carbocycles. The van der Waals surface area contributed by atoms with Crippen LogP contribution in [0.2, 0.25) is 0 Å². The van der Waals surface area contributed by atoms with Crippen LogP contribution in [0, 0.1) is 16.4 Å². The lowest BCUT2D eigenvalue weighted by molar-refractivity contribution is 0.0900. The monoisotopic (exact) mass is 345 g/mol. The fraction of sp³-hybridized carbons (Fsp3) is 0.462. The van der Waals surface area contributed by atoms with Crippen molar-refractivity contribution >= 4 is 28.5 Å². The van der Waals surface area contributed by atoms with Crippen LogP contribution in [-0.2, 0) is 0 Å². The van der Waals surface area contributed by atoms with E-state index < -0.39 is 0 Å². The number of aryl methyl sites for hydroxylation is 1. The molecule has 0 bridgehead atoms. The molecule has 92 valence electrons. The van der Waals surface area contributed by atoms with Gasteiger partial charge in [0.15, 0.2) is 0 Å². The van der Waals surface area contributed by atoms with Gasteiger partial charge in [-0.2, -0.15) is 0 Å². The summed E-state index contributed by atoms with van der Waals surface area (Å²) in [5.41, 5.74) is 1.79. The number of carbonyl (C=O) groups is 1. The second-order valence-corrected chi connectivity index (χ2v) is 5.63. The van der Waals surface area contributed by atoms with E-state index in [0.717, 1.165) is 22.0 Å². The Morgan fingerprint density at radius 1 is 1.59 bits per heavy atom. The Labute approximate surface area is 115 Å². The summed E-state index contributed by atoms with van der Waals surface area (Å²) in [6.45, 7) is 2.34. The van der Waals surface area contributed by atoms with E-state index in [2.05, 4.69) is 27.9 Å². The first kappa shape index (κ1) is 12.8. The summed E-state index contributed by atoms with van der Waals surface area (Å²) in [6, 6.07) is 5.68. The van der Waals surface area contributed by atoms with Gasteiger partial charge in [0, 0.05) is 10.1 Å². The fourth-order valence-electron chi connectivity index (χ4n) is 1.76. The van der Waals surface area contributed by atoms with Crippen molar-refractivity contribution in [2.24, 2.45) is 5.92 Å². The molecule has 0 heterocycles. The fourth-order valence-corrected chi connectivity index (χ4v) is 2.37. The molecule has 17 heavy (non-hydrogen) atoms. The second kappa shape index (κ2) is 5.35. The van der Waals surface area contributed by atoms with Crippen molar-refractivity contribution in [3.05, 3.63) is 32.9 Å². The van der Waals surface area contributed by atoms with Gasteiger partial charge in [0.1, 0.15) is 0 Å². The van der Waals surface area contributed by atoms with Crippen LogP contribution in [0.15, 0.2) is 18.2 Å². The van der Waals surface area contributed by atoms with Gasteiger partial charge in [-0.05, 0) is 59.9 Å². The van der Waals surface area contributed by atoms with Crippen LogP contribution in [0.3, 0.4) is 0 Å². The molecule has 1 aliphatic rings. The minimum atomic E-state index is -0.388. The minimum absolute atomic E-state index is 0.0993. The van der Waals surface area contributed by atoms with Crippen molar-refractivity contribution < 1.29 is 9.90 Å². The number of nitrogens with one attached hydrogen (secondary N) is 1. The molecule has 1 aromatic carbocycles. The Bertz CT molecular complexity index is 429. The number of aliphatic hydroxyl groups excluding tert-OH is 1. The molecule has 1 saturated carbocycles. The smallest absolute Gasteiger partial charge is 0.252 e. The van der Waals surface area contributed by atoms with Gasteiger partial charge in [-0.1, -0.05) is 12.1 Å². The minimum Gasteiger partial charge on any atom is -0.391 e. The van der Waals surface area contributed by atoms with E-state index in [1.54, 1.807) is 0 Å². The highest BCUT2D eigenvalue weighted by Gasteiger charge is 2.29. The lowest BCUT2D eigenvalue weighted by Crippen LogP contribution is -2.33. The van der Waals surface area contributed by atoms with Crippen LogP contribution in [0.1, 0.15) is 28.8 Å². The second-order valence-electron chi connectivity index (χ2n) is 4.55. The van der Waals surface area contributed by atoms with Crippen molar-refractivity contribution in [1.29, 1.82) is 0 Å². The Morgan fingerprint density at radius 2 is 2.29 bits per heavy atom. The number of rotatable bonds is 4. The van der Waals surface area contributed by atoms with Gasteiger partial charge in [0.25, 0.3) is 5.91 Å². The number of hydrogen-bond acceptors (Lipinski definition) is 2. The summed E-state index contributed by atoms with van der Waals surface area (Å²) in [6.07, 6.45) is 1.78. The average Bonchev–Trinajstić information content (AvgIpc) is 3.13. The van der Waals surface area contributed by atoms with Gasteiger partial charge in [-0.25, -0.2) is 0 Å². The third-order valence-corrected chi connectivity index (χ3v) is 4.51. The molecule has 1 unspecified atom stereocenters. The maximum atomic E-state index is 11.9. The van der Waals surface area contributed by atoms with Gasteiger partial charge in [0.2, 0.25) is 0 Å². The first-order valence-electron chi connectivity index (χ1n) is 5.81. The highest BCUT2D eigenvalue weighted by atomic mass is 127. The largest absolute Gasteiger partial charge is 0.391 e. The van der Waals surface area contributed by atoms with Crippen LogP contribution in [0.5, 0.6) is 0 Å². The summed E-state index contributed by atoms with van der Waals surface area (Å²) in [7, 11) is 0. The summed E-state index contributed by atoms with van der Waals surface area (Å²) >= 11 is 2.18. The van der Waals surface area contributed by atoms with Crippen molar-refractivity contribution in [2.45, 2.75) is 25.9 Å². The molecule has 1 fully saturated rings. The molecule has 4 heteroatoms. The molecule has 3 nitrogen and oxygen atoms in total. The van der Waals surface area contributed by atoms with Gasteiger partial charge < -0.3 is 10.4 Å². The van der Waals surface area contributed by atoms with E-state index in [-0.39, 0.29) is 12.0 Å². The summed E-state index contributed by atoms with van der Waals surface area (Å²) in [5.74, 6) is 0.296. The Kier molecular flexibility index (Phi) is 4.04. The van der Waals surface area contributed by atoms with Gasteiger partial charge in [-0.3, -0.25) is 4.79 Å². The third-order valence-electron chi connectivity index (χ3n) is 3.07. The third kappa shape index (κ3) is 3.19. The predicted octanol–water partition coefficient (Wildman–Crippen LogP) is 2.10. The molecule has 0 spiro atoms. The zero-order chi connectivity index (χ0) is 12.4.